The Morgan fingerprint density at radius 3 is 2.54 bits per heavy atom. The summed E-state index contributed by atoms with van der Waals surface area (Å²) >= 11 is 0. The van der Waals surface area contributed by atoms with Gasteiger partial charge in [0.2, 0.25) is 0 Å². The van der Waals surface area contributed by atoms with Crippen LogP contribution in [0.2, 0.25) is 0 Å². The Kier molecular flexibility index (Phi) is 3.71. The van der Waals surface area contributed by atoms with Crippen LogP contribution >= 0.6 is 0 Å². The molecule has 1 spiro atoms. The molecule has 5 atom stereocenters. The summed E-state index contributed by atoms with van der Waals surface area (Å²) in [5.74, 6) is -0.500. The van der Waals surface area contributed by atoms with Crippen molar-refractivity contribution in [2.75, 3.05) is 33.7 Å². The fourth-order valence-corrected chi connectivity index (χ4v) is 6.66. The third-order valence-electron chi connectivity index (χ3n) is 8.27. The molecule has 2 saturated heterocycles. The van der Waals surface area contributed by atoms with E-state index in [0.717, 1.165) is 32.1 Å². The molecule has 5 fully saturated rings. The first-order chi connectivity index (χ1) is 11.3. The van der Waals surface area contributed by atoms with Crippen molar-refractivity contribution in [1.82, 2.24) is 0 Å². The molecule has 5 nitrogen and oxygen atoms in total. The molecule has 3 saturated carbocycles. The van der Waals surface area contributed by atoms with Crippen molar-refractivity contribution < 1.29 is 24.1 Å². The van der Waals surface area contributed by atoms with E-state index in [0.29, 0.717) is 32.5 Å². The van der Waals surface area contributed by atoms with Crippen LogP contribution in [0.5, 0.6) is 0 Å². The van der Waals surface area contributed by atoms with Gasteiger partial charge in [-0.15, -0.1) is 0 Å². The number of aliphatic hydroxyl groups is 1. The lowest BCUT2D eigenvalue weighted by Gasteiger charge is -2.78. The number of hydrogen-bond acceptors (Lipinski definition) is 5. The van der Waals surface area contributed by atoms with Crippen LogP contribution in [0, 0.1) is 22.2 Å². The minimum absolute atomic E-state index is 0.0123. The molecule has 2 heterocycles. The molecule has 0 aromatic heterocycles. The van der Waals surface area contributed by atoms with Gasteiger partial charge in [0.1, 0.15) is 6.79 Å². The van der Waals surface area contributed by atoms with Crippen LogP contribution in [-0.2, 0) is 18.9 Å². The van der Waals surface area contributed by atoms with E-state index in [1.54, 1.807) is 7.11 Å². The lowest BCUT2D eigenvalue weighted by molar-refractivity contribution is -0.463. The second kappa shape index (κ2) is 5.17. The van der Waals surface area contributed by atoms with E-state index in [-0.39, 0.29) is 21.8 Å². The normalized spacial score (nSPS) is 50.6. The van der Waals surface area contributed by atoms with E-state index in [1.807, 2.05) is 0 Å². The Labute approximate surface area is 145 Å². The molecule has 1 N–H and O–H groups in total. The van der Waals surface area contributed by atoms with Crippen molar-refractivity contribution in [2.24, 2.45) is 22.2 Å². The molecule has 5 rings (SSSR count). The molecule has 0 radical (unpaired) electrons. The van der Waals surface area contributed by atoms with Crippen LogP contribution in [0.1, 0.15) is 52.9 Å². The van der Waals surface area contributed by atoms with Gasteiger partial charge in [0.25, 0.3) is 0 Å². The zero-order valence-corrected chi connectivity index (χ0v) is 15.5. The summed E-state index contributed by atoms with van der Waals surface area (Å²) in [7, 11) is 1.67. The smallest absolute Gasteiger partial charge is 0.172 e. The van der Waals surface area contributed by atoms with E-state index in [9.17, 15) is 5.11 Å². The van der Waals surface area contributed by atoms with Crippen LogP contribution < -0.4 is 0 Å². The van der Waals surface area contributed by atoms with Crippen LogP contribution in [0.15, 0.2) is 0 Å². The summed E-state index contributed by atoms with van der Waals surface area (Å²) in [6, 6.07) is 0. The summed E-state index contributed by atoms with van der Waals surface area (Å²) in [6.07, 6.45) is 4.96. The van der Waals surface area contributed by atoms with Gasteiger partial charge < -0.3 is 24.1 Å². The van der Waals surface area contributed by atoms with Crippen molar-refractivity contribution in [2.45, 2.75) is 64.3 Å². The summed E-state index contributed by atoms with van der Waals surface area (Å²) < 4.78 is 23.0. The number of rotatable bonds is 7. The first kappa shape index (κ1) is 17.2. The van der Waals surface area contributed by atoms with E-state index in [1.165, 1.54) is 0 Å². The molecular formula is C19H32O5. The molecule has 0 amide bonds. The monoisotopic (exact) mass is 340 g/mol. The van der Waals surface area contributed by atoms with Gasteiger partial charge in [-0.1, -0.05) is 20.8 Å². The number of fused-ring (bicyclic) bond motifs is 1. The Hall–Kier alpha value is -0.200. The maximum atomic E-state index is 11.3. The van der Waals surface area contributed by atoms with E-state index in [2.05, 4.69) is 20.8 Å². The van der Waals surface area contributed by atoms with Gasteiger partial charge in [-0.25, -0.2) is 0 Å². The molecule has 0 aromatic carbocycles. The van der Waals surface area contributed by atoms with E-state index < -0.39 is 5.79 Å². The topological polar surface area (TPSA) is 57.2 Å². The molecule has 5 aliphatic rings. The highest BCUT2D eigenvalue weighted by atomic mass is 16.7. The zero-order chi connectivity index (χ0) is 17.3. The van der Waals surface area contributed by atoms with E-state index >= 15 is 0 Å². The molecule has 4 bridgehead atoms. The summed E-state index contributed by atoms with van der Waals surface area (Å²) in [4.78, 5) is 0. The second-order valence-electron chi connectivity index (χ2n) is 9.27. The molecular weight excluding hydrogens is 308 g/mol. The summed E-state index contributed by atoms with van der Waals surface area (Å²) in [5, 5.41) is 11.3. The van der Waals surface area contributed by atoms with Crippen LogP contribution in [0.25, 0.3) is 0 Å². The fraction of sp³-hybridized carbons (Fsp3) is 1.00. The van der Waals surface area contributed by atoms with Gasteiger partial charge in [0, 0.05) is 24.4 Å². The third kappa shape index (κ3) is 1.78. The van der Waals surface area contributed by atoms with Crippen molar-refractivity contribution in [3.05, 3.63) is 0 Å². The van der Waals surface area contributed by atoms with Gasteiger partial charge in [-0.2, -0.15) is 0 Å². The van der Waals surface area contributed by atoms with Crippen LogP contribution in [0.4, 0.5) is 0 Å². The third-order valence-corrected chi connectivity index (χ3v) is 8.27. The summed E-state index contributed by atoms with van der Waals surface area (Å²) in [5.41, 5.74) is -0.234. The first-order valence-corrected chi connectivity index (χ1v) is 9.34. The highest BCUT2D eigenvalue weighted by Gasteiger charge is 2.85. The molecule has 24 heavy (non-hydrogen) atoms. The van der Waals surface area contributed by atoms with Crippen LogP contribution in [-0.4, -0.2) is 50.2 Å². The molecule has 5 heteroatoms. The lowest BCUT2D eigenvalue weighted by atomic mass is 9.34. The predicted molar refractivity (Wildman–Crippen MR) is 88.3 cm³/mol. The average Bonchev–Trinajstić information content (AvgIpc) is 2.71. The van der Waals surface area contributed by atoms with Crippen molar-refractivity contribution in [3.8, 4) is 0 Å². The highest BCUT2D eigenvalue weighted by molar-refractivity contribution is 5.30. The maximum Gasteiger partial charge on any atom is 0.172 e. The number of hydrogen-bond donors (Lipinski definition) is 1. The fourth-order valence-electron chi connectivity index (χ4n) is 6.66. The Morgan fingerprint density at radius 2 is 1.83 bits per heavy atom. The average molecular weight is 340 g/mol. The van der Waals surface area contributed by atoms with Crippen molar-refractivity contribution in [3.63, 3.8) is 0 Å². The van der Waals surface area contributed by atoms with E-state index in [4.69, 9.17) is 18.9 Å². The maximum absolute atomic E-state index is 11.3. The summed E-state index contributed by atoms with van der Waals surface area (Å²) in [6.45, 7) is 8.90. The quantitative estimate of drug-likeness (QED) is 0.570. The molecule has 138 valence electrons. The highest BCUT2D eigenvalue weighted by Crippen LogP contribution is 2.82. The number of methoxy groups -OCH3 is 1. The largest absolute Gasteiger partial charge is 0.382 e. The second-order valence-corrected chi connectivity index (χ2v) is 9.27. The van der Waals surface area contributed by atoms with Crippen LogP contribution in [0.3, 0.4) is 0 Å². The van der Waals surface area contributed by atoms with Gasteiger partial charge in [0.15, 0.2) is 5.79 Å². The molecule has 0 aromatic rings. The van der Waals surface area contributed by atoms with Crippen molar-refractivity contribution >= 4 is 0 Å². The van der Waals surface area contributed by atoms with Gasteiger partial charge in [-0.05, 0) is 37.0 Å². The Morgan fingerprint density at radius 1 is 1.04 bits per heavy atom. The Balaban J connectivity index is 1.54. The van der Waals surface area contributed by atoms with Gasteiger partial charge in [0.05, 0.1) is 25.4 Å². The molecule has 2 aliphatic heterocycles. The first-order valence-electron chi connectivity index (χ1n) is 9.34. The minimum atomic E-state index is -0.986. The Bertz CT molecular complexity index is 522. The van der Waals surface area contributed by atoms with Gasteiger partial charge in [-0.3, -0.25) is 0 Å². The SMILES string of the molecule is COCCOCOC[C@@]12CC[C@@]3(O)O[C@@]4(CC[C@@]13C)[C@@H]2CC4(C)C. The lowest BCUT2D eigenvalue weighted by Crippen LogP contribution is -2.81. The molecule has 0 unspecified atom stereocenters. The minimum Gasteiger partial charge on any atom is -0.382 e. The number of ether oxygens (including phenoxy) is 4. The molecule has 3 aliphatic carbocycles. The predicted octanol–water partition coefficient (Wildman–Crippen LogP) is 2.71. The standard InChI is InChI=1S/C19H32O5/c1-15(2)11-14-17(12-23-13-22-10-9-21-4)6-8-19(20)16(17,3)5-7-18(14,15)24-19/h14,20H,5-13H2,1-4H3/t14-,16+,17-,18+,19-/m1/s1. The van der Waals surface area contributed by atoms with Gasteiger partial charge >= 0.3 is 0 Å². The zero-order valence-electron chi connectivity index (χ0n) is 15.5. The van der Waals surface area contributed by atoms with Crippen molar-refractivity contribution in [1.29, 1.82) is 0 Å².